The van der Waals surface area contributed by atoms with E-state index in [1.165, 1.54) is 65.4 Å². The minimum atomic E-state index is 1.06. The summed E-state index contributed by atoms with van der Waals surface area (Å²) in [5.74, 6) is 0. The van der Waals surface area contributed by atoms with E-state index in [0.29, 0.717) is 0 Å². The molecule has 1 heterocycles. The van der Waals surface area contributed by atoms with Crippen molar-refractivity contribution in [2.75, 3.05) is 4.90 Å². The maximum Gasteiger partial charge on any atom is 0.125 e. The molecule has 0 spiro atoms. The van der Waals surface area contributed by atoms with Gasteiger partial charge in [0, 0.05) is 33.8 Å². The molecule has 0 bridgehead atoms. The molecule has 0 saturated carbocycles. The molecule has 234 valence electrons. The monoisotopic (exact) mass is 654 g/mol. The number of nitrogens with zero attached hydrogens (tertiary/aromatic N) is 2. The third-order valence-corrected chi connectivity index (χ3v) is 11.0. The van der Waals surface area contributed by atoms with E-state index < -0.39 is 0 Å². The van der Waals surface area contributed by atoms with Crippen molar-refractivity contribution in [3.63, 3.8) is 0 Å². The molecule has 8 aromatic carbocycles. The molecule has 0 radical (unpaired) electrons. The summed E-state index contributed by atoms with van der Waals surface area (Å²) in [6, 6.07) is 65.5. The summed E-state index contributed by atoms with van der Waals surface area (Å²) in [6.45, 7) is 0. The van der Waals surface area contributed by atoms with Crippen LogP contribution in [0.15, 0.2) is 182 Å². The average Bonchev–Trinajstić information content (AvgIpc) is 3.75. The summed E-state index contributed by atoms with van der Waals surface area (Å²) in [6.07, 6.45) is 0. The summed E-state index contributed by atoms with van der Waals surface area (Å²) >= 11 is 1.80. The van der Waals surface area contributed by atoms with E-state index in [1.54, 1.807) is 11.3 Å². The largest absolute Gasteiger partial charge is 0.310 e. The lowest BCUT2D eigenvalue weighted by atomic mass is 10.0. The molecule has 10 rings (SSSR count). The first-order valence-electron chi connectivity index (χ1n) is 17.0. The molecule has 0 N–H and O–H groups in total. The lowest BCUT2D eigenvalue weighted by molar-refractivity contribution is 1.29. The van der Waals surface area contributed by atoms with Gasteiger partial charge in [0.2, 0.25) is 0 Å². The number of aromatic nitrogens is 1. The van der Waals surface area contributed by atoms with Crippen LogP contribution in [0.5, 0.6) is 0 Å². The third kappa shape index (κ3) is 4.74. The van der Waals surface area contributed by atoms with Gasteiger partial charge in [-0.15, -0.1) is 11.3 Å². The first-order chi connectivity index (χ1) is 24.8. The van der Waals surface area contributed by atoms with Gasteiger partial charge in [0.05, 0.1) is 10.6 Å². The maximum atomic E-state index is 5.39. The van der Waals surface area contributed by atoms with Gasteiger partial charge in [0.25, 0.3) is 0 Å². The average molecular weight is 655 g/mol. The zero-order chi connectivity index (χ0) is 33.0. The van der Waals surface area contributed by atoms with E-state index in [-0.39, 0.29) is 0 Å². The number of benzene rings is 8. The predicted molar refractivity (Wildman–Crippen MR) is 213 cm³/mol. The van der Waals surface area contributed by atoms with Crippen molar-refractivity contribution in [3.05, 3.63) is 182 Å². The Morgan fingerprint density at radius 1 is 0.400 bits per heavy atom. The molecule has 1 aliphatic carbocycles. The predicted octanol–water partition coefficient (Wildman–Crippen LogP) is 13.6. The Balaban J connectivity index is 1.13. The van der Waals surface area contributed by atoms with E-state index >= 15 is 0 Å². The van der Waals surface area contributed by atoms with Gasteiger partial charge < -0.3 is 4.90 Å². The van der Waals surface area contributed by atoms with Gasteiger partial charge in [-0.25, -0.2) is 4.98 Å². The zero-order valence-corrected chi connectivity index (χ0v) is 27.9. The van der Waals surface area contributed by atoms with E-state index in [4.69, 9.17) is 4.98 Å². The smallest absolute Gasteiger partial charge is 0.125 e. The molecule has 0 saturated heterocycles. The number of hydrogen-bond acceptors (Lipinski definition) is 3. The van der Waals surface area contributed by atoms with E-state index in [9.17, 15) is 0 Å². The van der Waals surface area contributed by atoms with E-state index in [2.05, 4.69) is 187 Å². The zero-order valence-electron chi connectivity index (χ0n) is 27.1. The fourth-order valence-electron chi connectivity index (χ4n) is 7.44. The van der Waals surface area contributed by atoms with Crippen LogP contribution in [0.4, 0.5) is 17.1 Å². The van der Waals surface area contributed by atoms with Crippen molar-refractivity contribution in [2.45, 2.75) is 0 Å². The van der Waals surface area contributed by atoms with Crippen molar-refractivity contribution >= 4 is 49.9 Å². The van der Waals surface area contributed by atoms with Gasteiger partial charge in [-0.2, -0.15) is 0 Å². The van der Waals surface area contributed by atoms with Gasteiger partial charge in [-0.1, -0.05) is 146 Å². The van der Waals surface area contributed by atoms with Crippen molar-refractivity contribution in [3.8, 4) is 54.5 Å². The van der Waals surface area contributed by atoms with Crippen LogP contribution in [0.2, 0.25) is 0 Å². The van der Waals surface area contributed by atoms with Crippen molar-refractivity contribution in [1.29, 1.82) is 0 Å². The van der Waals surface area contributed by atoms with Gasteiger partial charge in [0.15, 0.2) is 0 Å². The highest BCUT2D eigenvalue weighted by molar-refractivity contribution is 7.19. The summed E-state index contributed by atoms with van der Waals surface area (Å²) in [7, 11) is 0. The van der Waals surface area contributed by atoms with Crippen LogP contribution >= 0.6 is 11.3 Å². The fourth-order valence-corrected chi connectivity index (χ4v) is 8.59. The molecule has 0 atom stereocenters. The van der Waals surface area contributed by atoms with E-state index in [0.717, 1.165) is 27.8 Å². The van der Waals surface area contributed by atoms with Crippen LogP contribution in [-0.4, -0.2) is 4.98 Å². The Kier molecular flexibility index (Phi) is 6.71. The minimum absolute atomic E-state index is 1.06. The maximum absolute atomic E-state index is 5.39. The minimum Gasteiger partial charge on any atom is -0.310 e. The Bertz CT molecular complexity index is 2590. The molecule has 2 nitrogen and oxygen atoms in total. The van der Waals surface area contributed by atoms with Crippen molar-refractivity contribution in [2.24, 2.45) is 0 Å². The number of fused-ring (bicyclic) bond motifs is 4. The SMILES string of the molecule is c1ccc(-c2ccc(N(c3ccc(-c4ccccc4)cc3)c3cc4c5c(cccc5c3)-c3sc(-c5cccc6ccccc56)nc3-4)cc2)cc1. The standard InChI is InChI=1S/C47H30N2S/c1-3-11-31(12-4-1)33-21-25-37(26-22-33)49(38-27-23-34(24-28-38)32-13-5-2-6-14-32)39-29-36-17-10-20-42-44(36)43(30-39)45-46(42)50-47(48-45)41-19-9-16-35-15-7-8-18-40(35)41/h1-30H. The Morgan fingerprint density at radius 3 is 1.60 bits per heavy atom. The molecular formula is C47H30N2S. The van der Waals surface area contributed by atoms with Crippen LogP contribution in [0.3, 0.4) is 0 Å². The van der Waals surface area contributed by atoms with Crippen LogP contribution in [0.25, 0.3) is 76.1 Å². The summed E-state index contributed by atoms with van der Waals surface area (Å²) < 4.78 is 0. The molecule has 1 aromatic heterocycles. The van der Waals surface area contributed by atoms with Crippen molar-refractivity contribution in [1.82, 2.24) is 4.98 Å². The Morgan fingerprint density at radius 2 is 0.940 bits per heavy atom. The van der Waals surface area contributed by atoms with Gasteiger partial charge in [-0.3, -0.25) is 0 Å². The molecule has 0 aliphatic heterocycles. The molecule has 1 aliphatic rings. The highest BCUT2D eigenvalue weighted by Crippen LogP contribution is 2.53. The van der Waals surface area contributed by atoms with Crippen molar-refractivity contribution < 1.29 is 0 Å². The molecule has 3 heteroatoms. The fraction of sp³-hybridized carbons (Fsp3) is 0. The van der Waals surface area contributed by atoms with Crippen LogP contribution in [0, 0.1) is 0 Å². The second-order valence-electron chi connectivity index (χ2n) is 12.8. The third-order valence-electron chi connectivity index (χ3n) is 9.83. The molecular weight excluding hydrogens is 625 g/mol. The van der Waals surface area contributed by atoms with Gasteiger partial charge >= 0.3 is 0 Å². The summed E-state index contributed by atoms with van der Waals surface area (Å²) in [4.78, 5) is 9.01. The van der Waals surface area contributed by atoms with E-state index in [1.807, 2.05) is 0 Å². The highest BCUT2D eigenvalue weighted by atomic mass is 32.1. The number of thiazole rings is 1. The topological polar surface area (TPSA) is 16.1 Å². The molecule has 0 fully saturated rings. The molecule has 9 aromatic rings. The van der Waals surface area contributed by atoms with Crippen LogP contribution < -0.4 is 4.90 Å². The number of rotatable bonds is 6. The second kappa shape index (κ2) is 11.7. The summed E-state index contributed by atoms with van der Waals surface area (Å²) in [5, 5.41) is 6.03. The Hall–Kier alpha value is -6.29. The normalized spacial score (nSPS) is 11.6. The number of anilines is 3. The molecule has 50 heavy (non-hydrogen) atoms. The van der Waals surface area contributed by atoms with Crippen LogP contribution in [-0.2, 0) is 0 Å². The summed E-state index contributed by atoms with van der Waals surface area (Å²) in [5.41, 5.74) is 12.9. The van der Waals surface area contributed by atoms with Crippen LogP contribution in [0.1, 0.15) is 0 Å². The number of hydrogen-bond donors (Lipinski definition) is 0. The second-order valence-corrected chi connectivity index (χ2v) is 13.8. The first kappa shape index (κ1) is 28.7. The first-order valence-corrected chi connectivity index (χ1v) is 17.8. The molecule has 0 unspecified atom stereocenters. The Labute approximate surface area is 295 Å². The lowest BCUT2D eigenvalue weighted by Crippen LogP contribution is -2.10. The lowest BCUT2D eigenvalue weighted by Gasteiger charge is -2.27. The molecule has 0 amide bonds. The van der Waals surface area contributed by atoms with Gasteiger partial charge in [-0.05, 0) is 80.2 Å². The van der Waals surface area contributed by atoms with Gasteiger partial charge in [0.1, 0.15) is 5.01 Å². The highest BCUT2D eigenvalue weighted by Gasteiger charge is 2.28. The quantitative estimate of drug-likeness (QED) is 0.177.